The molecule has 0 spiro atoms. The molecule has 2 atom stereocenters. The van der Waals surface area contributed by atoms with E-state index in [2.05, 4.69) is 52.7 Å². The van der Waals surface area contributed by atoms with Crippen molar-refractivity contribution in [3.8, 4) is 47.4 Å². The topological polar surface area (TPSA) is 111 Å². The van der Waals surface area contributed by atoms with Gasteiger partial charge in [-0.3, -0.25) is 14.2 Å². The monoisotopic (exact) mass is 449 g/mol. The van der Waals surface area contributed by atoms with E-state index >= 15 is 0 Å². The highest BCUT2D eigenvalue weighted by Crippen LogP contribution is 2.41. The van der Waals surface area contributed by atoms with Gasteiger partial charge in [0, 0.05) is 19.4 Å². The van der Waals surface area contributed by atoms with Crippen LogP contribution in [0.4, 0.5) is 0 Å². The Hall–Kier alpha value is -2.71. The second-order valence-corrected chi connectivity index (χ2v) is 7.80. The second-order valence-electron chi connectivity index (χ2n) is 5.82. The smallest absolute Gasteiger partial charge is 0.329 e. The molecule has 0 saturated heterocycles. The first-order chi connectivity index (χ1) is 14.8. The first-order valence-corrected chi connectivity index (χ1v) is 11.5. The number of carbonyl (C=O) groups excluding carboxylic acids is 2. The summed E-state index contributed by atoms with van der Waals surface area (Å²) in [4.78, 5) is 33.5. The number of rotatable bonds is 11. The van der Waals surface area contributed by atoms with Crippen molar-refractivity contribution >= 4 is 19.5 Å². The highest BCUT2D eigenvalue weighted by Gasteiger charge is 2.24. The zero-order valence-electron chi connectivity index (χ0n) is 18.1. The van der Waals surface area contributed by atoms with Crippen LogP contribution in [0.1, 0.15) is 39.5 Å². The van der Waals surface area contributed by atoms with E-state index in [0.717, 1.165) is 0 Å². The maximum absolute atomic E-state index is 12.0. The van der Waals surface area contributed by atoms with Gasteiger partial charge in [0.25, 0.3) is 0 Å². The molecule has 0 aromatic carbocycles. The minimum atomic E-state index is -3.89. The first kappa shape index (κ1) is 28.3. The molecule has 0 aromatic heterocycles. The van der Waals surface area contributed by atoms with E-state index in [1.807, 2.05) is 13.8 Å². The molecule has 168 valence electrons. The molecular weight excluding hydrogens is 421 g/mol. The Morgan fingerprint density at radius 3 is 2.03 bits per heavy atom. The van der Waals surface area contributed by atoms with Gasteiger partial charge >= 0.3 is 19.5 Å². The van der Waals surface area contributed by atoms with Crippen molar-refractivity contribution in [3.05, 3.63) is 0 Å². The lowest BCUT2D eigenvalue weighted by atomic mass is 10.3. The summed E-state index contributed by atoms with van der Waals surface area (Å²) in [6.07, 6.45) is -0.329. The minimum absolute atomic E-state index is 0.125. The van der Waals surface area contributed by atoms with Crippen LogP contribution in [0.2, 0.25) is 0 Å². The van der Waals surface area contributed by atoms with E-state index in [9.17, 15) is 19.0 Å². The quantitative estimate of drug-likeness (QED) is 0.277. The fourth-order valence-corrected chi connectivity index (χ4v) is 2.72. The number of nitrogens with one attached hydrogen (secondary N) is 1. The van der Waals surface area contributed by atoms with E-state index in [4.69, 9.17) is 14.0 Å². The third-order valence-corrected chi connectivity index (χ3v) is 4.47. The number of hydrogen-bond acceptors (Lipinski definition) is 7. The van der Waals surface area contributed by atoms with E-state index < -0.39 is 32.2 Å². The number of ether oxygens (including phenoxy) is 2. The van der Waals surface area contributed by atoms with Crippen LogP contribution in [0.25, 0.3) is 0 Å². The molecule has 0 saturated carbocycles. The lowest BCUT2D eigenvalue weighted by molar-refractivity contribution is -0.159. The molecule has 0 fully saturated rings. The maximum atomic E-state index is 12.0. The van der Waals surface area contributed by atoms with Gasteiger partial charge in [0.15, 0.2) is 6.10 Å². The molecular formula is C22H28NO7P. The summed E-state index contributed by atoms with van der Waals surface area (Å²) in [7, 11) is -2.26. The van der Waals surface area contributed by atoms with Gasteiger partial charge in [0.2, 0.25) is 0 Å². The molecule has 0 amide bonds. The number of carbonyl (C=O) groups is 2. The molecule has 2 unspecified atom stereocenters. The van der Waals surface area contributed by atoms with Crippen molar-refractivity contribution in [2.75, 3.05) is 33.0 Å². The molecule has 31 heavy (non-hydrogen) atoms. The van der Waals surface area contributed by atoms with Gasteiger partial charge in [-0.25, -0.2) is 0 Å². The van der Waals surface area contributed by atoms with Gasteiger partial charge in [-0.15, -0.1) is 0 Å². The lowest BCUT2D eigenvalue weighted by Crippen LogP contribution is -2.29. The fraction of sp³-hybridized carbons (Fsp3) is 0.545. The Bertz CT molecular complexity index is 868. The van der Waals surface area contributed by atoms with Gasteiger partial charge in [-0.2, -0.15) is 0 Å². The zero-order chi connectivity index (χ0) is 23.4. The largest absolute Gasteiger partial charge is 0.461 e. The van der Waals surface area contributed by atoms with Crippen molar-refractivity contribution in [1.29, 1.82) is 0 Å². The van der Waals surface area contributed by atoms with Crippen molar-refractivity contribution in [1.82, 2.24) is 5.32 Å². The summed E-state index contributed by atoms with van der Waals surface area (Å²) in [5, 5.41) is 2.74. The van der Waals surface area contributed by atoms with Crippen LogP contribution in [0.15, 0.2) is 0 Å². The van der Waals surface area contributed by atoms with Gasteiger partial charge < -0.3 is 24.2 Å². The molecule has 0 aliphatic heterocycles. The van der Waals surface area contributed by atoms with Crippen molar-refractivity contribution in [2.45, 2.75) is 45.6 Å². The summed E-state index contributed by atoms with van der Waals surface area (Å²) in [6, 6.07) is 0. The molecule has 0 aromatic rings. The van der Waals surface area contributed by atoms with Crippen LogP contribution in [0.3, 0.4) is 0 Å². The summed E-state index contributed by atoms with van der Waals surface area (Å²) in [6.45, 7) is 3.23. The van der Waals surface area contributed by atoms with E-state index in [1.165, 1.54) is 0 Å². The van der Waals surface area contributed by atoms with Crippen molar-refractivity contribution in [3.63, 3.8) is 0 Å². The molecule has 0 radical (unpaired) electrons. The van der Waals surface area contributed by atoms with Crippen LogP contribution in [-0.4, -0.2) is 55.9 Å². The van der Waals surface area contributed by atoms with Gasteiger partial charge in [0.1, 0.15) is 19.4 Å². The molecule has 0 bridgehead atoms. The van der Waals surface area contributed by atoms with Gasteiger partial charge in [0.05, 0.1) is 12.8 Å². The fourth-order valence-electron chi connectivity index (χ4n) is 1.68. The standard InChI is InChI=1S/C22H28NO7P/c1-4-6-8-10-12-14-21(24)28-18-20(19-29-31(26,27)17-16-23-3)30-22(25)15-13-11-9-7-5-2/h20,23H,4-5,14-19H2,1-3H3,(H,26,27). The Labute approximate surface area is 184 Å². The Morgan fingerprint density at radius 1 is 0.935 bits per heavy atom. The number of hydrogen-bond donors (Lipinski definition) is 2. The lowest BCUT2D eigenvalue weighted by Gasteiger charge is -2.19. The van der Waals surface area contributed by atoms with Crippen LogP contribution < -0.4 is 5.32 Å². The minimum Gasteiger partial charge on any atom is -0.461 e. The molecule has 0 rings (SSSR count). The first-order valence-electron chi connectivity index (χ1n) is 9.72. The van der Waals surface area contributed by atoms with Gasteiger partial charge in [-0.05, 0) is 30.7 Å². The van der Waals surface area contributed by atoms with Crippen LogP contribution in [0, 0.1) is 47.4 Å². The summed E-state index contributed by atoms with van der Waals surface area (Å²) in [5.74, 6) is 19.4. The molecule has 0 aliphatic carbocycles. The third-order valence-electron chi connectivity index (χ3n) is 3.13. The molecule has 0 heterocycles. The van der Waals surface area contributed by atoms with Crippen LogP contribution in [-0.2, 0) is 28.2 Å². The highest BCUT2D eigenvalue weighted by molar-refractivity contribution is 7.52. The highest BCUT2D eigenvalue weighted by atomic mass is 31.2. The Kier molecular flexibility index (Phi) is 16.5. The molecule has 8 nitrogen and oxygen atoms in total. The van der Waals surface area contributed by atoms with Gasteiger partial charge in [-0.1, -0.05) is 37.5 Å². The predicted octanol–water partition coefficient (Wildman–Crippen LogP) is 1.48. The van der Waals surface area contributed by atoms with Crippen molar-refractivity contribution in [2.24, 2.45) is 0 Å². The van der Waals surface area contributed by atoms with Crippen LogP contribution >= 0.6 is 7.60 Å². The molecule has 2 N–H and O–H groups in total. The number of esters is 2. The molecule has 9 heteroatoms. The van der Waals surface area contributed by atoms with E-state index in [1.54, 1.807) is 7.05 Å². The summed E-state index contributed by atoms with van der Waals surface area (Å²) in [5.41, 5.74) is 0. The predicted molar refractivity (Wildman–Crippen MR) is 116 cm³/mol. The maximum Gasteiger partial charge on any atom is 0.329 e. The summed E-state index contributed by atoms with van der Waals surface area (Å²) >= 11 is 0. The Morgan fingerprint density at radius 2 is 1.48 bits per heavy atom. The third kappa shape index (κ3) is 17.8. The average Bonchev–Trinajstić information content (AvgIpc) is 2.74. The normalized spacial score (nSPS) is 12.0. The summed E-state index contributed by atoms with van der Waals surface area (Å²) < 4.78 is 27.2. The SMILES string of the molecule is CCC#CC#CCC(=O)OCC(COP(=O)(O)CCNC)OC(=O)CC#CC#CCC. The molecule has 0 aliphatic rings. The van der Waals surface area contributed by atoms with E-state index in [0.29, 0.717) is 12.8 Å². The Balaban J connectivity index is 4.85. The average molecular weight is 449 g/mol. The van der Waals surface area contributed by atoms with Crippen LogP contribution in [0.5, 0.6) is 0 Å². The van der Waals surface area contributed by atoms with E-state index in [-0.39, 0.29) is 32.2 Å². The second kappa shape index (κ2) is 18.1. The van der Waals surface area contributed by atoms with Crippen molar-refractivity contribution < 1.29 is 33.0 Å². The zero-order valence-corrected chi connectivity index (χ0v) is 19.0.